The van der Waals surface area contributed by atoms with Gasteiger partial charge in [-0.2, -0.15) is 4.98 Å². The number of nitrogens with zero attached hydrogens (tertiary/aromatic N) is 4. The lowest BCUT2D eigenvalue weighted by Crippen LogP contribution is -2.15. The molecule has 1 aromatic carbocycles. The minimum atomic E-state index is -0.612. The molecule has 130 valence electrons. The fraction of sp³-hybridized carbons (Fsp3) is 0.111. The molecule has 1 N–H and O–H groups in total. The van der Waals surface area contributed by atoms with Crippen LogP contribution in [-0.4, -0.2) is 24.6 Å². The van der Waals surface area contributed by atoms with Crippen LogP contribution < -0.4 is 5.56 Å². The van der Waals surface area contributed by atoms with E-state index < -0.39 is 11.3 Å². The maximum Gasteiger partial charge on any atom is 0.300 e. The molecule has 0 aliphatic rings. The van der Waals surface area contributed by atoms with E-state index in [0.717, 1.165) is 11.1 Å². The van der Waals surface area contributed by atoms with E-state index in [9.17, 15) is 14.3 Å². The van der Waals surface area contributed by atoms with Crippen molar-refractivity contribution < 1.29 is 14.0 Å². The molecule has 0 bridgehead atoms. The predicted octanol–water partition coefficient (Wildman–Crippen LogP) is 2.49. The van der Waals surface area contributed by atoms with E-state index in [-0.39, 0.29) is 23.2 Å². The van der Waals surface area contributed by atoms with Crippen molar-refractivity contribution in [3.8, 4) is 17.3 Å². The molecule has 0 atom stereocenters. The molecule has 4 aromatic rings. The molecule has 0 saturated heterocycles. The van der Waals surface area contributed by atoms with Gasteiger partial charge in [0, 0.05) is 6.20 Å². The first kappa shape index (κ1) is 15.9. The monoisotopic (exact) mass is 352 g/mol. The van der Waals surface area contributed by atoms with Gasteiger partial charge in [-0.1, -0.05) is 23.4 Å². The molecule has 0 spiro atoms. The van der Waals surface area contributed by atoms with Crippen molar-refractivity contribution in [3.63, 3.8) is 0 Å². The van der Waals surface area contributed by atoms with Crippen LogP contribution >= 0.6 is 0 Å². The Hall–Kier alpha value is -3.55. The Morgan fingerprint density at radius 3 is 2.69 bits per heavy atom. The van der Waals surface area contributed by atoms with E-state index >= 15 is 0 Å². The molecule has 0 unspecified atom stereocenters. The van der Waals surface area contributed by atoms with Crippen LogP contribution in [0.15, 0.2) is 51.9 Å². The van der Waals surface area contributed by atoms with E-state index in [1.54, 1.807) is 30.5 Å². The Morgan fingerprint density at radius 2 is 1.92 bits per heavy atom. The summed E-state index contributed by atoms with van der Waals surface area (Å²) in [4.78, 5) is 20.8. The number of aromatic nitrogens is 4. The quantitative estimate of drug-likeness (QED) is 0.609. The van der Waals surface area contributed by atoms with Crippen molar-refractivity contribution in [2.45, 2.75) is 13.3 Å². The third-order valence-corrected chi connectivity index (χ3v) is 3.90. The van der Waals surface area contributed by atoms with Crippen LogP contribution in [0.5, 0.6) is 5.75 Å². The molecule has 0 aliphatic heterocycles. The van der Waals surface area contributed by atoms with Crippen molar-refractivity contribution in [1.29, 1.82) is 0 Å². The molecule has 0 amide bonds. The predicted molar refractivity (Wildman–Crippen MR) is 90.4 cm³/mol. The molecule has 26 heavy (non-hydrogen) atoms. The van der Waals surface area contributed by atoms with Crippen LogP contribution in [0, 0.1) is 12.7 Å². The molecule has 0 fully saturated rings. The standard InChI is InChI=1S/C18H13FN4O3/c1-10-2-7-13-20-15(16(24)18(25)23(13)9-10)17-21-14(26-22-17)8-11-3-5-12(19)6-4-11/h2-7,9,24H,8H2,1H3. The summed E-state index contributed by atoms with van der Waals surface area (Å²) >= 11 is 0. The Labute approximate surface area is 146 Å². The number of hydrogen-bond donors (Lipinski definition) is 1. The summed E-state index contributed by atoms with van der Waals surface area (Å²) in [5.74, 6) is -0.611. The van der Waals surface area contributed by atoms with Crippen molar-refractivity contribution in [1.82, 2.24) is 19.5 Å². The van der Waals surface area contributed by atoms with Gasteiger partial charge in [-0.3, -0.25) is 9.20 Å². The molecule has 7 nitrogen and oxygen atoms in total. The van der Waals surface area contributed by atoms with Gasteiger partial charge >= 0.3 is 5.56 Å². The van der Waals surface area contributed by atoms with Gasteiger partial charge in [-0.25, -0.2) is 9.37 Å². The second-order valence-electron chi connectivity index (χ2n) is 5.86. The van der Waals surface area contributed by atoms with Gasteiger partial charge in [0.2, 0.25) is 17.5 Å². The lowest BCUT2D eigenvalue weighted by Gasteiger charge is -2.04. The first-order valence-electron chi connectivity index (χ1n) is 7.80. The van der Waals surface area contributed by atoms with Gasteiger partial charge in [-0.15, -0.1) is 0 Å². The maximum absolute atomic E-state index is 13.0. The second-order valence-corrected chi connectivity index (χ2v) is 5.86. The Bertz CT molecular complexity index is 1170. The number of hydrogen-bond acceptors (Lipinski definition) is 6. The Kier molecular flexibility index (Phi) is 3.72. The summed E-state index contributed by atoms with van der Waals surface area (Å²) in [5, 5.41) is 14.0. The van der Waals surface area contributed by atoms with E-state index in [4.69, 9.17) is 4.52 Å². The Morgan fingerprint density at radius 1 is 1.15 bits per heavy atom. The van der Waals surface area contributed by atoms with Gasteiger partial charge in [0.25, 0.3) is 0 Å². The SMILES string of the molecule is Cc1ccc2nc(-c3noc(Cc4ccc(F)cc4)n3)c(O)c(=O)n2c1. The normalized spacial score (nSPS) is 11.2. The number of aromatic hydroxyl groups is 1. The third kappa shape index (κ3) is 2.81. The number of rotatable bonds is 3. The fourth-order valence-electron chi connectivity index (χ4n) is 2.59. The zero-order valence-corrected chi connectivity index (χ0v) is 13.7. The highest BCUT2D eigenvalue weighted by Gasteiger charge is 2.19. The minimum Gasteiger partial charge on any atom is -0.501 e. The molecular weight excluding hydrogens is 339 g/mol. The molecule has 4 rings (SSSR count). The molecule has 3 heterocycles. The smallest absolute Gasteiger partial charge is 0.300 e. The highest BCUT2D eigenvalue weighted by Crippen LogP contribution is 2.22. The first-order chi connectivity index (χ1) is 12.5. The van der Waals surface area contributed by atoms with Crippen LogP contribution in [0.4, 0.5) is 4.39 Å². The largest absolute Gasteiger partial charge is 0.501 e. The van der Waals surface area contributed by atoms with Crippen LogP contribution in [0.25, 0.3) is 17.2 Å². The zero-order valence-electron chi connectivity index (χ0n) is 13.7. The minimum absolute atomic E-state index is 0.0137. The molecule has 0 radical (unpaired) electrons. The zero-order chi connectivity index (χ0) is 18.3. The van der Waals surface area contributed by atoms with Gasteiger partial charge in [-0.05, 0) is 36.2 Å². The fourth-order valence-corrected chi connectivity index (χ4v) is 2.59. The van der Waals surface area contributed by atoms with Crippen molar-refractivity contribution in [2.75, 3.05) is 0 Å². The molecule has 3 aromatic heterocycles. The topological polar surface area (TPSA) is 93.5 Å². The maximum atomic E-state index is 13.0. The second kappa shape index (κ2) is 6.07. The van der Waals surface area contributed by atoms with Gasteiger partial charge < -0.3 is 9.63 Å². The summed E-state index contributed by atoms with van der Waals surface area (Å²) < 4.78 is 19.4. The summed E-state index contributed by atoms with van der Waals surface area (Å²) in [6, 6.07) is 9.37. The highest BCUT2D eigenvalue weighted by molar-refractivity contribution is 5.61. The average Bonchev–Trinajstić information content (AvgIpc) is 3.09. The van der Waals surface area contributed by atoms with E-state index in [1.165, 1.54) is 16.5 Å². The van der Waals surface area contributed by atoms with Gasteiger partial charge in [0.05, 0.1) is 6.42 Å². The van der Waals surface area contributed by atoms with E-state index in [2.05, 4.69) is 15.1 Å². The molecular formula is C18H13FN4O3. The van der Waals surface area contributed by atoms with Crippen molar-refractivity contribution in [3.05, 3.63) is 75.8 Å². The number of aryl methyl sites for hydroxylation is 1. The lowest BCUT2D eigenvalue weighted by atomic mass is 10.1. The number of fused-ring (bicyclic) bond motifs is 1. The van der Waals surface area contributed by atoms with Crippen molar-refractivity contribution in [2.24, 2.45) is 0 Å². The van der Waals surface area contributed by atoms with Gasteiger partial charge in [0.1, 0.15) is 11.5 Å². The average molecular weight is 352 g/mol. The first-order valence-corrected chi connectivity index (χ1v) is 7.80. The van der Waals surface area contributed by atoms with Crippen LogP contribution in [-0.2, 0) is 6.42 Å². The van der Waals surface area contributed by atoms with E-state index in [0.29, 0.717) is 12.1 Å². The summed E-state index contributed by atoms with van der Waals surface area (Å²) in [6.07, 6.45) is 1.88. The van der Waals surface area contributed by atoms with Gasteiger partial charge in [0.15, 0.2) is 5.69 Å². The van der Waals surface area contributed by atoms with Crippen LogP contribution in [0.1, 0.15) is 17.0 Å². The summed E-state index contributed by atoms with van der Waals surface area (Å²) in [5.41, 5.74) is 1.34. The lowest BCUT2D eigenvalue weighted by molar-refractivity contribution is 0.385. The number of pyridine rings is 1. The molecule has 0 saturated carbocycles. The number of halogens is 1. The Balaban J connectivity index is 1.73. The molecule has 8 heteroatoms. The van der Waals surface area contributed by atoms with E-state index in [1.807, 2.05) is 6.92 Å². The molecule has 0 aliphatic carbocycles. The van der Waals surface area contributed by atoms with Crippen molar-refractivity contribution >= 4 is 5.65 Å². The summed E-state index contributed by atoms with van der Waals surface area (Å²) in [7, 11) is 0. The van der Waals surface area contributed by atoms with Crippen LogP contribution in [0.2, 0.25) is 0 Å². The number of benzene rings is 1. The summed E-state index contributed by atoms with van der Waals surface area (Å²) in [6.45, 7) is 1.83. The third-order valence-electron chi connectivity index (χ3n) is 3.90. The van der Waals surface area contributed by atoms with Crippen LogP contribution in [0.3, 0.4) is 0 Å². The highest BCUT2D eigenvalue weighted by atomic mass is 19.1.